The molecule has 4 heteroatoms. The van der Waals surface area contributed by atoms with Gasteiger partial charge < -0.3 is 10.1 Å². The summed E-state index contributed by atoms with van der Waals surface area (Å²) in [6, 6.07) is 0.639. The first-order valence-electron chi connectivity index (χ1n) is 7.08. The second kappa shape index (κ2) is 5.27. The topological polar surface area (TPSA) is 34.1 Å². The minimum absolute atomic E-state index is 0.438. The van der Waals surface area contributed by atoms with Gasteiger partial charge in [0.15, 0.2) is 0 Å². The Bertz CT molecular complexity index is 373. The lowest BCUT2D eigenvalue weighted by molar-refractivity contribution is -0.130. The maximum absolute atomic E-state index is 5.93. The van der Waals surface area contributed by atoms with Crippen LogP contribution >= 0.6 is 11.3 Å². The number of nitrogens with zero attached hydrogens (tertiary/aromatic N) is 1. The summed E-state index contributed by atoms with van der Waals surface area (Å²) in [5.41, 5.74) is 0.438. The Morgan fingerprint density at radius 2 is 2.33 bits per heavy atom. The Morgan fingerprint density at radius 1 is 1.50 bits per heavy atom. The van der Waals surface area contributed by atoms with E-state index < -0.39 is 0 Å². The highest BCUT2D eigenvalue weighted by Gasteiger charge is 2.56. The van der Waals surface area contributed by atoms with E-state index in [2.05, 4.69) is 17.2 Å². The molecular weight excluding hydrogens is 244 g/mol. The van der Waals surface area contributed by atoms with E-state index in [1.54, 1.807) is 11.3 Å². The lowest BCUT2D eigenvalue weighted by Gasteiger charge is -2.54. The molecule has 0 aliphatic heterocycles. The largest absolute Gasteiger partial charge is 0.378 e. The Morgan fingerprint density at radius 3 is 3.00 bits per heavy atom. The average molecular weight is 266 g/mol. The third-order valence-electron chi connectivity index (χ3n) is 4.67. The van der Waals surface area contributed by atoms with E-state index in [-0.39, 0.29) is 0 Å². The van der Waals surface area contributed by atoms with Crippen LogP contribution in [0.25, 0.3) is 0 Å². The number of rotatable bonds is 5. The maximum atomic E-state index is 5.93. The van der Waals surface area contributed by atoms with E-state index in [1.165, 1.54) is 37.1 Å². The molecule has 2 saturated carbocycles. The van der Waals surface area contributed by atoms with Crippen molar-refractivity contribution >= 4 is 11.3 Å². The standard InChI is InChI=1S/C14H22N2OS/c1-2-17-12-9-11(14(12)5-3-4-6-14)16-10-13-15-7-8-18-13/h7-8,11-12,16H,2-6,9-10H2,1H3. The summed E-state index contributed by atoms with van der Waals surface area (Å²) >= 11 is 1.74. The zero-order valence-corrected chi connectivity index (χ0v) is 11.8. The molecule has 1 N–H and O–H groups in total. The van der Waals surface area contributed by atoms with Gasteiger partial charge in [0.1, 0.15) is 5.01 Å². The molecular formula is C14H22N2OS. The van der Waals surface area contributed by atoms with Crippen molar-refractivity contribution in [2.45, 2.75) is 57.7 Å². The van der Waals surface area contributed by atoms with Gasteiger partial charge in [0.25, 0.3) is 0 Å². The third-order valence-corrected chi connectivity index (χ3v) is 5.45. The van der Waals surface area contributed by atoms with Crippen molar-refractivity contribution in [3.05, 3.63) is 16.6 Å². The fourth-order valence-corrected chi connectivity index (χ4v) is 4.29. The predicted octanol–water partition coefficient (Wildman–Crippen LogP) is 2.97. The van der Waals surface area contributed by atoms with Gasteiger partial charge in [-0.2, -0.15) is 0 Å². The minimum atomic E-state index is 0.438. The number of hydrogen-bond donors (Lipinski definition) is 1. The summed E-state index contributed by atoms with van der Waals surface area (Å²) in [6.45, 7) is 3.88. The smallest absolute Gasteiger partial charge is 0.106 e. The molecule has 0 bridgehead atoms. The van der Waals surface area contributed by atoms with Gasteiger partial charge in [-0.05, 0) is 26.2 Å². The summed E-state index contributed by atoms with van der Waals surface area (Å²) in [5, 5.41) is 6.96. The molecule has 3 nitrogen and oxygen atoms in total. The summed E-state index contributed by atoms with van der Waals surface area (Å²) in [4.78, 5) is 4.34. The first-order chi connectivity index (χ1) is 8.85. The van der Waals surface area contributed by atoms with E-state index in [1.807, 2.05) is 11.6 Å². The van der Waals surface area contributed by atoms with Crippen LogP contribution in [0.3, 0.4) is 0 Å². The number of thiazole rings is 1. The van der Waals surface area contributed by atoms with Crippen LogP contribution in [0.1, 0.15) is 44.0 Å². The predicted molar refractivity (Wildman–Crippen MR) is 73.7 cm³/mol. The van der Waals surface area contributed by atoms with E-state index >= 15 is 0 Å². The molecule has 1 aromatic heterocycles. The lowest BCUT2D eigenvalue weighted by atomic mass is 9.60. The van der Waals surface area contributed by atoms with Crippen molar-refractivity contribution in [2.24, 2.45) is 5.41 Å². The van der Waals surface area contributed by atoms with Gasteiger partial charge in [0.2, 0.25) is 0 Å². The number of aromatic nitrogens is 1. The lowest BCUT2D eigenvalue weighted by Crippen LogP contribution is -2.62. The molecule has 1 spiro atoms. The van der Waals surface area contributed by atoms with Gasteiger partial charge in [-0.1, -0.05) is 12.8 Å². The van der Waals surface area contributed by atoms with Crippen LogP contribution in [-0.4, -0.2) is 23.7 Å². The zero-order chi connectivity index (χ0) is 12.4. The maximum Gasteiger partial charge on any atom is 0.106 e. The molecule has 1 aromatic rings. The summed E-state index contributed by atoms with van der Waals surface area (Å²) in [6.07, 6.45) is 8.99. The van der Waals surface area contributed by atoms with E-state index in [9.17, 15) is 0 Å². The summed E-state index contributed by atoms with van der Waals surface area (Å²) < 4.78 is 5.93. The fraction of sp³-hybridized carbons (Fsp3) is 0.786. The Labute approximate surface area is 113 Å². The van der Waals surface area contributed by atoms with Gasteiger partial charge in [-0.15, -0.1) is 11.3 Å². The highest BCUT2D eigenvalue weighted by molar-refractivity contribution is 7.09. The van der Waals surface area contributed by atoms with Crippen LogP contribution in [0, 0.1) is 5.41 Å². The van der Waals surface area contributed by atoms with Crippen LogP contribution in [0.15, 0.2) is 11.6 Å². The molecule has 2 atom stereocenters. The Hall–Kier alpha value is -0.450. The number of ether oxygens (including phenoxy) is 1. The first-order valence-corrected chi connectivity index (χ1v) is 7.96. The van der Waals surface area contributed by atoms with Crippen LogP contribution in [0.4, 0.5) is 0 Å². The van der Waals surface area contributed by atoms with Crippen molar-refractivity contribution in [1.82, 2.24) is 10.3 Å². The van der Waals surface area contributed by atoms with Crippen molar-refractivity contribution in [1.29, 1.82) is 0 Å². The SMILES string of the molecule is CCOC1CC(NCc2nccs2)C12CCCC2. The van der Waals surface area contributed by atoms with Gasteiger partial charge in [-0.3, -0.25) is 0 Å². The molecule has 2 unspecified atom stereocenters. The highest BCUT2D eigenvalue weighted by Crippen LogP contribution is 2.54. The van der Waals surface area contributed by atoms with Crippen LogP contribution in [-0.2, 0) is 11.3 Å². The van der Waals surface area contributed by atoms with Crippen molar-refractivity contribution in [2.75, 3.05) is 6.61 Å². The Balaban J connectivity index is 1.59. The molecule has 2 fully saturated rings. The number of nitrogens with one attached hydrogen (secondary N) is 1. The monoisotopic (exact) mass is 266 g/mol. The minimum Gasteiger partial charge on any atom is -0.378 e. The zero-order valence-electron chi connectivity index (χ0n) is 11.0. The van der Waals surface area contributed by atoms with E-state index in [0.29, 0.717) is 17.6 Å². The molecule has 2 aliphatic carbocycles. The molecule has 0 saturated heterocycles. The quantitative estimate of drug-likeness (QED) is 0.889. The summed E-state index contributed by atoms with van der Waals surface area (Å²) in [7, 11) is 0. The van der Waals surface area contributed by atoms with Gasteiger partial charge in [0.05, 0.1) is 6.10 Å². The van der Waals surface area contributed by atoms with E-state index in [0.717, 1.165) is 13.2 Å². The van der Waals surface area contributed by atoms with Gasteiger partial charge in [-0.25, -0.2) is 4.98 Å². The van der Waals surface area contributed by atoms with Crippen LogP contribution in [0.2, 0.25) is 0 Å². The second-order valence-corrected chi connectivity index (χ2v) is 6.46. The van der Waals surface area contributed by atoms with Crippen LogP contribution in [0.5, 0.6) is 0 Å². The van der Waals surface area contributed by atoms with Gasteiger partial charge in [0, 0.05) is 36.2 Å². The third kappa shape index (κ3) is 2.10. The first kappa shape index (κ1) is 12.6. The summed E-state index contributed by atoms with van der Waals surface area (Å²) in [5.74, 6) is 0. The van der Waals surface area contributed by atoms with Crippen LogP contribution < -0.4 is 5.32 Å². The fourth-order valence-electron chi connectivity index (χ4n) is 3.72. The van der Waals surface area contributed by atoms with Crippen molar-refractivity contribution in [3.8, 4) is 0 Å². The Kier molecular flexibility index (Phi) is 3.68. The molecule has 0 radical (unpaired) electrons. The highest BCUT2D eigenvalue weighted by atomic mass is 32.1. The van der Waals surface area contributed by atoms with Crippen molar-refractivity contribution < 1.29 is 4.74 Å². The molecule has 100 valence electrons. The van der Waals surface area contributed by atoms with Crippen molar-refractivity contribution in [3.63, 3.8) is 0 Å². The molecule has 0 aromatic carbocycles. The molecule has 1 heterocycles. The normalized spacial score (nSPS) is 29.6. The number of hydrogen-bond acceptors (Lipinski definition) is 4. The average Bonchev–Trinajstić information content (AvgIpc) is 3.03. The molecule has 0 amide bonds. The molecule has 3 rings (SSSR count). The van der Waals surface area contributed by atoms with Gasteiger partial charge >= 0.3 is 0 Å². The molecule has 18 heavy (non-hydrogen) atoms. The molecule has 2 aliphatic rings. The second-order valence-electron chi connectivity index (χ2n) is 5.48. The van der Waals surface area contributed by atoms with E-state index in [4.69, 9.17) is 4.74 Å².